The Morgan fingerprint density at radius 1 is 0.556 bits per heavy atom. The first-order valence-electron chi connectivity index (χ1n) is 12.0. The van der Waals surface area contributed by atoms with Gasteiger partial charge in [0, 0.05) is 5.92 Å². The van der Waals surface area contributed by atoms with Crippen molar-refractivity contribution in [1.82, 2.24) is 0 Å². The average Bonchev–Trinajstić information content (AvgIpc) is 2.91. The largest absolute Gasteiger partial charge is 0.369 e. The molecule has 1 atom stereocenters. The van der Waals surface area contributed by atoms with Crippen LogP contribution in [0.15, 0.2) is 133 Å². The summed E-state index contributed by atoms with van der Waals surface area (Å²) in [5, 5.41) is 0. The Kier molecular flexibility index (Phi) is 8.05. The number of hydrogen-bond acceptors (Lipinski definition) is 2. The molecule has 36 heavy (non-hydrogen) atoms. The molecule has 3 nitrogen and oxygen atoms in total. The predicted octanol–water partition coefficient (Wildman–Crippen LogP) is 6.56. The van der Waals surface area contributed by atoms with Crippen molar-refractivity contribution < 1.29 is 9.59 Å². The van der Waals surface area contributed by atoms with Gasteiger partial charge in [-0.1, -0.05) is 133 Å². The van der Waals surface area contributed by atoms with Crippen molar-refractivity contribution >= 4 is 22.8 Å². The van der Waals surface area contributed by atoms with Crippen LogP contribution in [0.2, 0.25) is 0 Å². The Balaban J connectivity index is 1.98. The van der Waals surface area contributed by atoms with E-state index in [9.17, 15) is 9.59 Å². The van der Waals surface area contributed by atoms with Crippen molar-refractivity contribution in [1.29, 1.82) is 0 Å². The topological polar surface area (TPSA) is 60.2 Å². The number of carbonyl (C=O) groups is 2. The summed E-state index contributed by atoms with van der Waals surface area (Å²) in [5.74, 6) is -2.47. The van der Waals surface area contributed by atoms with E-state index in [0.717, 1.165) is 33.4 Å². The molecule has 0 aliphatic rings. The van der Waals surface area contributed by atoms with E-state index in [2.05, 4.69) is 0 Å². The summed E-state index contributed by atoms with van der Waals surface area (Å²) in [6.07, 6.45) is 4.01. The maximum atomic E-state index is 12.8. The molecule has 0 aliphatic heterocycles. The summed E-state index contributed by atoms with van der Waals surface area (Å²) >= 11 is 0. The molecule has 4 aromatic carbocycles. The van der Waals surface area contributed by atoms with E-state index in [1.54, 1.807) is 0 Å². The van der Waals surface area contributed by atoms with Gasteiger partial charge < -0.3 is 5.73 Å². The van der Waals surface area contributed by atoms with Crippen molar-refractivity contribution in [2.45, 2.75) is 6.92 Å². The van der Waals surface area contributed by atoms with Crippen molar-refractivity contribution in [3.8, 4) is 0 Å². The second-order valence-electron chi connectivity index (χ2n) is 8.69. The van der Waals surface area contributed by atoms with E-state index >= 15 is 0 Å². The van der Waals surface area contributed by atoms with Gasteiger partial charge in [0.2, 0.25) is 5.91 Å². The van der Waals surface area contributed by atoms with Crippen molar-refractivity contribution in [2.24, 2.45) is 17.6 Å². The number of rotatable bonds is 9. The Labute approximate surface area is 212 Å². The van der Waals surface area contributed by atoms with Gasteiger partial charge in [-0.25, -0.2) is 0 Å². The van der Waals surface area contributed by atoms with Crippen LogP contribution < -0.4 is 5.73 Å². The summed E-state index contributed by atoms with van der Waals surface area (Å²) in [5.41, 5.74) is 11.7. The lowest BCUT2D eigenvalue weighted by molar-refractivity contribution is -0.131. The van der Waals surface area contributed by atoms with Gasteiger partial charge in [-0.15, -0.1) is 0 Å². The van der Waals surface area contributed by atoms with Crippen molar-refractivity contribution in [3.63, 3.8) is 0 Å². The zero-order chi connectivity index (χ0) is 25.3. The lowest BCUT2D eigenvalue weighted by Gasteiger charge is -2.21. The van der Waals surface area contributed by atoms with Gasteiger partial charge in [-0.3, -0.25) is 9.59 Å². The van der Waals surface area contributed by atoms with Gasteiger partial charge in [0.05, 0.1) is 0 Å². The first-order valence-corrected chi connectivity index (χ1v) is 12.0. The molecule has 1 amide bonds. The van der Waals surface area contributed by atoms with Crippen molar-refractivity contribution in [2.75, 3.05) is 0 Å². The summed E-state index contributed by atoms with van der Waals surface area (Å²) in [4.78, 5) is 25.4. The number of ketones is 1. The van der Waals surface area contributed by atoms with Crippen LogP contribution in [0.4, 0.5) is 0 Å². The number of carbonyl (C=O) groups excluding carboxylic acids is 2. The number of primary amides is 1. The zero-order valence-electron chi connectivity index (χ0n) is 20.3. The number of benzene rings is 4. The standard InChI is InChI=1S/C33H29NO2/c1-24(35)32(33(34)36)29(22-30(25-14-6-2-7-15-25)26-16-8-3-9-17-26)23-31(27-18-10-4-11-19-27)28-20-12-5-13-21-28/h2-23,29,32H,1H3,(H2,34,36). The summed E-state index contributed by atoms with van der Waals surface area (Å²) < 4.78 is 0. The predicted molar refractivity (Wildman–Crippen MR) is 147 cm³/mol. The second kappa shape index (κ2) is 11.8. The monoisotopic (exact) mass is 471 g/mol. The second-order valence-corrected chi connectivity index (χ2v) is 8.69. The van der Waals surface area contributed by atoms with E-state index in [1.807, 2.05) is 133 Å². The van der Waals surface area contributed by atoms with Gasteiger partial charge in [0.1, 0.15) is 11.7 Å². The van der Waals surface area contributed by atoms with Gasteiger partial charge in [0.15, 0.2) is 0 Å². The molecule has 0 spiro atoms. The molecular formula is C33H29NO2. The smallest absolute Gasteiger partial charge is 0.228 e. The van der Waals surface area contributed by atoms with Crippen LogP contribution in [0.1, 0.15) is 29.2 Å². The Morgan fingerprint density at radius 2 is 0.833 bits per heavy atom. The molecule has 0 fully saturated rings. The highest BCUT2D eigenvalue weighted by molar-refractivity contribution is 6.01. The van der Waals surface area contributed by atoms with Gasteiger partial charge in [-0.2, -0.15) is 0 Å². The third-order valence-corrected chi connectivity index (χ3v) is 6.19. The van der Waals surface area contributed by atoms with Crippen LogP contribution >= 0.6 is 0 Å². The summed E-state index contributed by atoms with van der Waals surface area (Å²) in [7, 11) is 0. The average molecular weight is 472 g/mol. The molecule has 0 radical (unpaired) electrons. The summed E-state index contributed by atoms with van der Waals surface area (Å²) in [6.45, 7) is 1.43. The maximum absolute atomic E-state index is 12.8. The molecule has 0 heterocycles. The van der Waals surface area contributed by atoms with Gasteiger partial charge in [0.25, 0.3) is 0 Å². The molecule has 3 heteroatoms. The van der Waals surface area contributed by atoms with Crippen LogP contribution in [-0.4, -0.2) is 11.7 Å². The Bertz CT molecular complexity index is 1170. The first-order chi connectivity index (χ1) is 17.5. The van der Waals surface area contributed by atoms with Crippen LogP contribution in [0.5, 0.6) is 0 Å². The normalized spacial score (nSPS) is 11.4. The molecule has 2 N–H and O–H groups in total. The lowest BCUT2D eigenvalue weighted by Crippen LogP contribution is -2.34. The Morgan fingerprint density at radius 3 is 1.06 bits per heavy atom. The number of amides is 1. The molecule has 0 aliphatic carbocycles. The lowest BCUT2D eigenvalue weighted by atomic mass is 9.81. The molecule has 4 aromatic rings. The molecule has 0 saturated carbocycles. The molecule has 178 valence electrons. The highest BCUT2D eigenvalue weighted by Crippen LogP contribution is 2.32. The van der Waals surface area contributed by atoms with E-state index < -0.39 is 17.7 Å². The molecular weight excluding hydrogens is 442 g/mol. The molecule has 0 bridgehead atoms. The van der Waals surface area contributed by atoms with E-state index in [4.69, 9.17) is 5.73 Å². The fraction of sp³-hybridized carbons (Fsp3) is 0.0909. The number of Topliss-reactive ketones (excluding diaryl/α,β-unsaturated/α-hetero) is 1. The molecule has 0 aromatic heterocycles. The minimum Gasteiger partial charge on any atom is -0.369 e. The minimum atomic E-state index is -1.00. The minimum absolute atomic E-state index is 0.263. The van der Waals surface area contributed by atoms with Crippen LogP contribution in [0.3, 0.4) is 0 Å². The highest BCUT2D eigenvalue weighted by Gasteiger charge is 2.29. The SMILES string of the molecule is CC(=O)C(C(N)=O)C(C=C(c1ccccc1)c1ccccc1)C=C(c1ccccc1)c1ccccc1. The number of hydrogen-bond donors (Lipinski definition) is 1. The van der Waals surface area contributed by atoms with Crippen molar-refractivity contribution in [3.05, 3.63) is 156 Å². The fourth-order valence-corrected chi connectivity index (χ4v) is 4.48. The van der Waals surface area contributed by atoms with Gasteiger partial charge in [-0.05, 0) is 40.3 Å². The molecule has 0 saturated heterocycles. The molecule has 1 unspecified atom stereocenters. The quantitative estimate of drug-likeness (QED) is 0.281. The number of nitrogens with two attached hydrogens (primary N) is 1. The third kappa shape index (κ3) is 5.94. The van der Waals surface area contributed by atoms with E-state index in [1.165, 1.54) is 6.92 Å². The van der Waals surface area contributed by atoms with Gasteiger partial charge >= 0.3 is 0 Å². The van der Waals surface area contributed by atoms with E-state index in [-0.39, 0.29) is 5.78 Å². The van der Waals surface area contributed by atoms with Crippen LogP contribution in [0, 0.1) is 11.8 Å². The van der Waals surface area contributed by atoms with E-state index in [0.29, 0.717) is 0 Å². The highest BCUT2D eigenvalue weighted by atomic mass is 16.2. The zero-order valence-corrected chi connectivity index (χ0v) is 20.3. The Hall–Kier alpha value is -4.50. The van der Waals surface area contributed by atoms with Crippen LogP contribution in [0.25, 0.3) is 11.1 Å². The maximum Gasteiger partial charge on any atom is 0.228 e. The molecule has 4 rings (SSSR count). The van der Waals surface area contributed by atoms with Crippen LogP contribution in [-0.2, 0) is 9.59 Å². The fourth-order valence-electron chi connectivity index (χ4n) is 4.48. The third-order valence-electron chi connectivity index (χ3n) is 6.19. The first kappa shape index (κ1) is 24.6. The number of allylic oxidation sites excluding steroid dienone is 2. The summed E-state index contributed by atoms with van der Waals surface area (Å²) in [6, 6.07) is 39.9.